The number of rotatable bonds is 4. The summed E-state index contributed by atoms with van der Waals surface area (Å²) in [7, 11) is 0. The van der Waals surface area contributed by atoms with Crippen molar-refractivity contribution in [2.45, 2.75) is 45.1 Å². The maximum absolute atomic E-state index is 12.8. The molecule has 1 aromatic rings. The Labute approximate surface area is 123 Å². The number of nitrogens with one attached hydrogen (secondary N) is 1. The molecule has 1 atom stereocenters. The summed E-state index contributed by atoms with van der Waals surface area (Å²) in [5.41, 5.74) is -0.752. The summed E-state index contributed by atoms with van der Waals surface area (Å²) in [4.78, 5) is 30.5. The van der Waals surface area contributed by atoms with Crippen molar-refractivity contribution >= 4 is 11.8 Å². The van der Waals surface area contributed by atoms with E-state index in [0.29, 0.717) is 37.6 Å². The molecule has 1 N–H and O–H groups in total. The number of carbonyl (C=O) groups is 2. The average Bonchev–Trinajstić information content (AvgIpc) is 3.22. The summed E-state index contributed by atoms with van der Waals surface area (Å²) in [6.07, 6.45) is 2.86. The maximum Gasteiger partial charge on any atom is 0.248 e. The third-order valence-electron chi connectivity index (χ3n) is 4.30. The molecule has 1 unspecified atom stereocenters. The van der Waals surface area contributed by atoms with E-state index in [0.717, 1.165) is 12.8 Å². The fourth-order valence-electron chi connectivity index (χ4n) is 2.89. The Morgan fingerprint density at radius 1 is 1.43 bits per heavy atom. The van der Waals surface area contributed by atoms with Gasteiger partial charge in [0.25, 0.3) is 0 Å². The number of amides is 2. The van der Waals surface area contributed by atoms with Gasteiger partial charge in [-0.1, -0.05) is 5.16 Å². The predicted octanol–water partition coefficient (Wildman–Crippen LogP) is 0.438. The van der Waals surface area contributed by atoms with Crippen molar-refractivity contribution in [3.63, 3.8) is 0 Å². The Bertz CT molecular complexity index is 566. The molecule has 0 spiro atoms. The van der Waals surface area contributed by atoms with Gasteiger partial charge in [0.2, 0.25) is 17.7 Å². The predicted molar refractivity (Wildman–Crippen MR) is 73.2 cm³/mol. The van der Waals surface area contributed by atoms with E-state index in [1.807, 2.05) is 6.92 Å². The van der Waals surface area contributed by atoms with E-state index in [9.17, 15) is 9.59 Å². The van der Waals surface area contributed by atoms with Crippen LogP contribution in [0.4, 0.5) is 0 Å². The van der Waals surface area contributed by atoms with Crippen LogP contribution in [0.1, 0.15) is 37.9 Å². The standard InChI is InChI=1S/C14H20N4O3/c1-9-15-12(21-17-9)6-8-18-7-5-11(19)16-14(2,13(18)20)10-3-4-10/h10H,3-8H2,1-2H3,(H,16,19). The van der Waals surface area contributed by atoms with Crippen LogP contribution in [0.2, 0.25) is 0 Å². The van der Waals surface area contributed by atoms with Crippen LogP contribution in [0.5, 0.6) is 0 Å². The molecule has 2 heterocycles. The first kappa shape index (κ1) is 14.0. The molecule has 0 bridgehead atoms. The van der Waals surface area contributed by atoms with Gasteiger partial charge in [-0.15, -0.1) is 0 Å². The van der Waals surface area contributed by atoms with Crippen LogP contribution < -0.4 is 5.32 Å². The van der Waals surface area contributed by atoms with Gasteiger partial charge in [-0.3, -0.25) is 9.59 Å². The van der Waals surface area contributed by atoms with Gasteiger partial charge in [-0.2, -0.15) is 4.98 Å². The Kier molecular flexibility index (Phi) is 3.43. The zero-order chi connectivity index (χ0) is 15.0. The molecule has 2 fully saturated rings. The minimum atomic E-state index is -0.752. The van der Waals surface area contributed by atoms with Gasteiger partial charge in [-0.05, 0) is 32.6 Å². The highest BCUT2D eigenvalue weighted by Crippen LogP contribution is 2.41. The highest BCUT2D eigenvalue weighted by molar-refractivity contribution is 5.93. The average molecular weight is 292 g/mol. The lowest BCUT2D eigenvalue weighted by Crippen LogP contribution is -2.56. The van der Waals surface area contributed by atoms with Crippen molar-refractivity contribution in [1.29, 1.82) is 0 Å². The van der Waals surface area contributed by atoms with Crippen LogP contribution in [0, 0.1) is 12.8 Å². The van der Waals surface area contributed by atoms with Gasteiger partial charge in [0, 0.05) is 25.9 Å². The van der Waals surface area contributed by atoms with Gasteiger partial charge >= 0.3 is 0 Å². The van der Waals surface area contributed by atoms with E-state index < -0.39 is 5.54 Å². The van der Waals surface area contributed by atoms with Crippen molar-refractivity contribution in [3.05, 3.63) is 11.7 Å². The second-order valence-electron chi connectivity index (χ2n) is 6.05. The van der Waals surface area contributed by atoms with Gasteiger partial charge in [0.1, 0.15) is 5.54 Å². The Balaban J connectivity index is 1.71. The number of carbonyl (C=O) groups excluding carboxylic acids is 2. The minimum absolute atomic E-state index is 0.00656. The van der Waals surface area contributed by atoms with E-state index in [-0.39, 0.29) is 17.7 Å². The largest absolute Gasteiger partial charge is 0.342 e. The van der Waals surface area contributed by atoms with Gasteiger partial charge in [-0.25, -0.2) is 0 Å². The lowest BCUT2D eigenvalue weighted by atomic mass is 9.94. The quantitative estimate of drug-likeness (QED) is 0.870. The summed E-state index contributed by atoms with van der Waals surface area (Å²) in [5, 5.41) is 6.66. The molecule has 1 aromatic heterocycles. The van der Waals surface area contributed by atoms with Crippen molar-refractivity contribution in [3.8, 4) is 0 Å². The van der Waals surface area contributed by atoms with Gasteiger partial charge in [0.05, 0.1) is 0 Å². The summed E-state index contributed by atoms with van der Waals surface area (Å²) >= 11 is 0. The van der Waals surface area contributed by atoms with Crippen molar-refractivity contribution in [1.82, 2.24) is 20.4 Å². The molecule has 21 heavy (non-hydrogen) atoms. The molecule has 1 aliphatic heterocycles. The first-order valence-corrected chi connectivity index (χ1v) is 7.38. The highest BCUT2D eigenvalue weighted by atomic mass is 16.5. The number of nitrogens with zero attached hydrogens (tertiary/aromatic N) is 3. The lowest BCUT2D eigenvalue weighted by Gasteiger charge is -2.32. The smallest absolute Gasteiger partial charge is 0.248 e. The topological polar surface area (TPSA) is 88.3 Å². The van der Waals surface area contributed by atoms with Crippen molar-refractivity contribution in [2.75, 3.05) is 13.1 Å². The summed E-state index contributed by atoms with van der Waals surface area (Å²) in [6, 6.07) is 0. The fourth-order valence-corrected chi connectivity index (χ4v) is 2.89. The zero-order valence-corrected chi connectivity index (χ0v) is 12.4. The first-order valence-electron chi connectivity index (χ1n) is 7.38. The zero-order valence-electron chi connectivity index (χ0n) is 12.4. The Morgan fingerprint density at radius 3 is 2.81 bits per heavy atom. The van der Waals surface area contributed by atoms with E-state index in [4.69, 9.17) is 4.52 Å². The van der Waals surface area contributed by atoms with E-state index in [1.165, 1.54) is 0 Å². The SMILES string of the molecule is Cc1noc(CCN2CCC(=O)NC(C)(C3CC3)C2=O)n1. The number of aromatic nitrogens is 2. The maximum atomic E-state index is 12.8. The number of hydrogen-bond acceptors (Lipinski definition) is 5. The van der Waals surface area contributed by atoms with Gasteiger partial charge < -0.3 is 14.7 Å². The molecule has 1 saturated carbocycles. The number of hydrogen-bond donors (Lipinski definition) is 1. The van der Waals surface area contributed by atoms with Crippen LogP contribution >= 0.6 is 0 Å². The highest BCUT2D eigenvalue weighted by Gasteiger charge is 2.50. The molecule has 3 rings (SSSR count). The Morgan fingerprint density at radius 2 is 2.19 bits per heavy atom. The van der Waals surface area contributed by atoms with E-state index >= 15 is 0 Å². The van der Waals surface area contributed by atoms with Crippen LogP contribution in [0.3, 0.4) is 0 Å². The number of aryl methyl sites for hydroxylation is 1. The molecule has 114 valence electrons. The normalized spacial score (nSPS) is 26.7. The van der Waals surface area contributed by atoms with Crippen molar-refractivity contribution in [2.24, 2.45) is 5.92 Å². The molecule has 1 aliphatic carbocycles. The third kappa shape index (κ3) is 2.77. The lowest BCUT2D eigenvalue weighted by molar-refractivity contribution is -0.139. The van der Waals surface area contributed by atoms with Crippen LogP contribution in [0.25, 0.3) is 0 Å². The molecule has 7 heteroatoms. The summed E-state index contributed by atoms with van der Waals surface area (Å²) < 4.78 is 5.07. The first-order chi connectivity index (χ1) is 9.99. The molecule has 0 radical (unpaired) electrons. The van der Waals surface area contributed by atoms with Crippen molar-refractivity contribution < 1.29 is 14.1 Å². The van der Waals surface area contributed by atoms with Gasteiger partial charge in [0.15, 0.2) is 5.82 Å². The molecule has 2 amide bonds. The van der Waals surface area contributed by atoms with E-state index in [2.05, 4.69) is 15.5 Å². The summed E-state index contributed by atoms with van der Waals surface area (Å²) in [6.45, 7) is 4.55. The second kappa shape index (κ2) is 5.13. The molecule has 0 aromatic carbocycles. The second-order valence-corrected chi connectivity index (χ2v) is 6.05. The Hall–Kier alpha value is -1.92. The molecule has 1 saturated heterocycles. The molecule has 2 aliphatic rings. The van der Waals surface area contributed by atoms with Crippen LogP contribution in [-0.4, -0.2) is 45.5 Å². The fraction of sp³-hybridized carbons (Fsp3) is 0.714. The molecular formula is C14H20N4O3. The van der Waals surface area contributed by atoms with Crippen LogP contribution in [0.15, 0.2) is 4.52 Å². The molecule has 7 nitrogen and oxygen atoms in total. The van der Waals surface area contributed by atoms with Crippen LogP contribution in [-0.2, 0) is 16.0 Å². The molecular weight excluding hydrogens is 272 g/mol. The monoisotopic (exact) mass is 292 g/mol. The van der Waals surface area contributed by atoms with E-state index in [1.54, 1.807) is 11.8 Å². The summed E-state index contributed by atoms with van der Waals surface area (Å²) in [5.74, 6) is 1.34. The minimum Gasteiger partial charge on any atom is -0.342 e. The third-order valence-corrected chi connectivity index (χ3v) is 4.30.